The van der Waals surface area contributed by atoms with E-state index in [1.54, 1.807) is 4.90 Å². The quantitative estimate of drug-likeness (QED) is 0.644. The van der Waals surface area contributed by atoms with Crippen molar-refractivity contribution in [2.24, 2.45) is 0 Å². The van der Waals surface area contributed by atoms with Crippen molar-refractivity contribution in [1.29, 1.82) is 0 Å². The first-order valence-electron chi connectivity index (χ1n) is 9.76. The Morgan fingerprint density at radius 1 is 1.00 bits per heavy atom. The van der Waals surface area contributed by atoms with Crippen LogP contribution in [0.3, 0.4) is 0 Å². The number of aromatic nitrogens is 2. The molecule has 0 unspecified atom stereocenters. The Labute approximate surface area is 173 Å². The molecule has 2 amide bonds. The number of benzene rings is 2. The van der Waals surface area contributed by atoms with E-state index >= 15 is 0 Å². The Bertz CT molecular complexity index is 1020. The van der Waals surface area contributed by atoms with E-state index in [0.29, 0.717) is 24.5 Å². The van der Waals surface area contributed by atoms with Gasteiger partial charge in [0.2, 0.25) is 11.8 Å². The van der Waals surface area contributed by atoms with Gasteiger partial charge in [-0.1, -0.05) is 59.8 Å². The van der Waals surface area contributed by atoms with Gasteiger partial charge in [-0.25, -0.2) is 4.63 Å². The van der Waals surface area contributed by atoms with Crippen LogP contribution in [0, 0.1) is 0 Å². The summed E-state index contributed by atoms with van der Waals surface area (Å²) >= 11 is 0. The molecule has 8 nitrogen and oxygen atoms in total. The normalized spacial score (nSPS) is 13.0. The van der Waals surface area contributed by atoms with Crippen molar-refractivity contribution in [3.63, 3.8) is 0 Å². The highest BCUT2D eigenvalue weighted by atomic mass is 16.6. The number of hydrogen-bond donors (Lipinski definition) is 1. The molecule has 1 aliphatic rings. The van der Waals surface area contributed by atoms with Crippen molar-refractivity contribution < 1.29 is 19.0 Å². The lowest BCUT2D eigenvalue weighted by molar-refractivity contribution is -0.139. The summed E-state index contributed by atoms with van der Waals surface area (Å²) in [6.07, 6.45) is 0.831. The smallest absolute Gasteiger partial charge is 0.248 e. The van der Waals surface area contributed by atoms with Crippen molar-refractivity contribution in [3.8, 4) is 11.3 Å². The van der Waals surface area contributed by atoms with Gasteiger partial charge in [0.15, 0.2) is 0 Å². The van der Waals surface area contributed by atoms with Crippen molar-refractivity contribution >= 4 is 11.8 Å². The number of carbonyl (C=O) groups excluding carboxylic acids is 2. The molecule has 8 heteroatoms. The van der Waals surface area contributed by atoms with E-state index in [1.807, 2.05) is 48.5 Å². The van der Waals surface area contributed by atoms with Gasteiger partial charge in [0, 0.05) is 18.7 Å². The number of hydrogen-bond acceptors (Lipinski definition) is 6. The molecule has 1 N–H and O–H groups in total. The highest BCUT2D eigenvalue weighted by Crippen LogP contribution is 2.20. The van der Waals surface area contributed by atoms with Gasteiger partial charge < -0.3 is 15.0 Å². The van der Waals surface area contributed by atoms with Crippen LogP contribution in [0.5, 0.6) is 0 Å². The van der Waals surface area contributed by atoms with Gasteiger partial charge in [0.25, 0.3) is 0 Å². The second kappa shape index (κ2) is 9.32. The largest absolute Gasteiger partial charge is 0.362 e. The fourth-order valence-corrected chi connectivity index (χ4v) is 3.40. The van der Waals surface area contributed by atoms with E-state index in [9.17, 15) is 9.59 Å². The van der Waals surface area contributed by atoms with Crippen LogP contribution in [0.4, 0.5) is 0 Å². The van der Waals surface area contributed by atoms with Gasteiger partial charge in [0.05, 0.1) is 6.54 Å². The molecule has 0 atom stereocenters. The van der Waals surface area contributed by atoms with Gasteiger partial charge in [-0.3, -0.25) is 9.59 Å². The Kier molecular flexibility index (Phi) is 6.14. The lowest BCUT2D eigenvalue weighted by atomic mass is 10.00. The molecule has 30 heavy (non-hydrogen) atoms. The second-order valence-electron chi connectivity index (χ2n) is 7.03. The number of nitrogens with one attached hydrogen (secondary N) is 1. The van der Waals surface area contributed by atoms with E-state index in [1.165, 1.54) is 5.56 Å². The number of fused-ring (bicyclic) bond motifs is 1. The molecular formula is C22H22N4O4. The fourth-order valence-electron chi connectivity index (χ4n) is 3.40. The number of rotatable bonds is 7. The van der Waals surface area contributed by atoms with E-state index in [0.717, 1.165) is 17.5 Å². The first kappa shape index (κ1) is 19.8. The number of nitrogens with zero attached hydrogens (tertiary/aromatic N) is 3. The minimum Gasteiger partial charge on any atom is -0.362 e. The van der Waals surface area contributed by atoms with Gasteiger partial charge in [-0.15, -0.1) is 0 Å². The number of amides is 2. The molecule has 0 radical (unpaired) electrons. The van der Waals surface area contributed by atoms with Crippen molar-refractivity contribution in [3.05, 3.63) is 71.4 Å². The average molecular weight is 406 g/mol. The summed E-state index contributed by atoms with van der Waals surface area (Å²) in [5, 5.41) is 10.5. The summed E-state index contributed by atoms with van der Waals surface area (Å²) in [7, 11) is 0. The van der Waals surface area contributed by atoms with Gasteiger partial charge in [-0.2, -0.15) is 0 Å². The molecule has 1 aliphatic heterocycles. The molecule has 2 heterocycles. The standard InChI is InChI=1S/C22H22N4O4/c27-20(23-12-19-22(25-30-24-19)17-7-2-1-3-8-17)14-29-15-21(28)26-11-10-16-6-4-5-9-18(16)13-26/h1-9H,10-15H2,(H,23,27). The molecule has 0 fully saturated rings. The summed E-state index contributed by atoms with van der Waals surface area (Å²) < 4.78 is 10.1. The monoisotopic (exact) mass is 406 g/mol. The zero-order chi connectivity index (χ0) is 20.8. The molecule has 0 saturated carbocycles. The summed E-state index contributed by atoms with van der Waals surface area (Å²) in [6, 6.07) is 17.6. The average Bonchev–Trinajstić information content (AvgIpc) is 3.26. The van der Waals surface area contributed by atoms with Crippen LogP contribution < -0.4 is 5.32 Å². The van der Waals surface area contributed by atoms with Crippen LogP contribution in [0.25, 0.3) is 11.3 Å². The van der Waals surface area contributed by atoms with E-state index < -0.39 is 0 Å². The van der Waals surface area contributed by atoms with Crippen LogP contribution in [0.2, 0.25) is 0 Å². The van der Waals surface area contributed by atoms with Crippen molar-refractivity contribution in [1.82, 2.24) is 20.5 Å². The highest BCUT2D eigenvalue weighted by Gasteiger charge is 2.20. The number of ether oxygens (including phenoxy) is 1. The fraction of sp³-hybridized carbons (Fsp3) is 0.273. The van der Waals surface area contributed by atoms with Crippen LogP contribution >= 0.6 is 0 Å². The van der Waals surface area contributed by atoms with E-state index in [4.69, 9.17) is 9.37 Å². The maximum absolute atomic E-state index is 12.4. The predicted molar refractivity (Wildman–Crippen MR) is 108 cm³/mol. The molecule has 0 saturated heterocycles. The summed E-state index contributed by atoms with van der Waals surface area (Å²) in [6.45, 7) is 1.06. The maximum Gasteiger partial charge on any atom is 0.248 e. The van der Waals surface area contributed by atoms with Crippen molar-refractivity contribution in [2.45, 2.75) is 19.5 Å². The third-order valence-corrected chi connectivity index (χ3v) is 5.00. The molecule has 3 aromatic rings. The SMILES string of the molecule is O=C(COCC(=O)N1CCc2ccccc2C1)NCc1nonc1-c1ccccc1. The molecule has 2 aromatic carbocycles. The lowest BCUT2D eigenvalue weighted by Crippen LogP contribution is -2.39. The molecule has 154 valence electrons. The highest BCUT2D eigenvalue weighted by molar-refractivity contribution is 5.80. The zero-order valence-electron chi connectivity index (χ0n) is 16.4. The number of carbonyl (C=O) groups is 2. The predicted octanol–water partition coefficient (Wildman–Crippen LogP) is 1.95. The second-order valence-corrected chi connectivity index (χ2v) is 7.03. The third-order valence-electron chi connectivity index (χ3n) is 5.00. The first-order chi connectivity index (χ1) is 14.7. The molecule has 0 aliphatic carbocycles. The minimum absolute atomic E-state index is 0.121. The van der Waals surface area contributed by atoms with Gasteiger partial charge in [0.1, 0.15) is 24.6 Å². The zero-order valence-corrected chi connectivity index (χ0v) is 16.4. The van der Waals surface area contributed by atoms with E-state index in [2.05, 4.69) is 21.7 Å². The van der Waals surface area contributed by atoms with Crippen LogP contribution in [0.1, 0.15) is 16.8 Å². The van der Waals surface area contributed by atoms with Crippen LogP contribution in [-0.2, 0) is 33.8 Å². The summed E-state index contributed by atoms with van der Waals surface area (Å²) in [5.41, 5.74) is 4.40. The van der Waals surface area contributed by atoms with Crippen LogP contribution in [0.15, 0.2) is 59.2 Å². The third kappa shape index (κ3) is 4.72. The van der Waals surface area contributed by atoms with Gasteiger partial charge in [-0.05, 0) is 22.7 Å². The first-order valence-corrected chi connectivity index (χ1v) is 9.76. The molecule has 0 spiro atoms. The van der Waals surface area contributed by atoms with Crippen LogP contribution in [-0.4, -0.2) is 46.8 Å². The minimum atomic E-state index is -0.339. The lowest BCUT2D eigenvalue weighted by Gasteiger charge is -2.28. The topological polar surface area (TPSA) is 97.6 Å². The van der Waals surface area contributed by atoms with Crippen molar-refractivity contribution in [2.75, 3.05) is 19.8 Å². The van der Waals surface area contributed by atoms with E-state index in [-0.39, 0.29) is 31.6 Å². The Morgan fingerprint density at radius 3 is 2.60 bits per heavy atom. The summed E-state index contributed by atoms with van der Waals surface area (Å²) in [5.74, 6) is -0.460. The molecule has 4 rings (SSSR count). The Morgan fingerprint density at radius 2 is 1.77 bits per heavy atom. The van der Waals surface area contributed by atoms with Gasteiger partial charge >= 0.3 is 0 Å². The molecular weight excluding hydrogens is 384 g/mol. The maximum atomic E-state index is 12.4. The molecule has 1 aromatic heterocycles. The molecule has 0 bridgehead atoms. The Hall–Kier alpha value is -3.52. The Balaban J connectivity index is 1.21. The summed E-state index contributed by atoms with van der Waals surface area (Å²) in [4.78, 5) is 26.2.